The molecular formula is C9H17N3O2S. The average molecular weight is 231 g/mol. The van der Waals surface area contributed by atoms with Crippen molar-refractivity contribution in [1.82, 2.24) is 4.37 Å². The Bertz CT molecular complexity index is 304. The highest BCUT2D eigenvalue weighted by Gasteiger charge is 2.12. The maximum atomic E-state index is 5.62. The zero-order chi connectivity index (χ0) is 11.3. The van der Waals surface area contributed by atoms with Crippen LogP contribution in [-0.4, -0.2) is 30.7 Å². The molecule has 1 unspecified atom stereocenters. The van der Waals surface area contributed by atoms with Crippen LogP contribution in [-0.2, 0) is 4.74 Å². The number of ether oxygens (including phenoxy) is 2. The van der Waals surface area contributed by atoms with E-state index in [2.05, 4.69) is 9.69 Å². The average Bonchev–Trinajstić information content (AvgIpc) is 2.56. The summed E-state index contributed by atoms with van der Waals surface area (Å²) in [5.41, 5.74) is 5.62. The highest BCUT2D eigenvalue weighted by atomic mass is 32.1. The summed E-state index contributed by atoms with van der Waals surface area (Å²) < 4.78 is 14.5. The van der Waals surface area contributed by atoms with Crippen LogP contribution in [0.5, 0.6) is 5.75 Å². The number of hydrogen-bond donors (Lipinski definition) is 2. The second kappa shape index (κ2) is 5.77. The fourth-order valence-electron chi connectivity index (χ4n) is 1.18. The van der Waals surface area contributed by atoms with E-state index in [-0.39, 0.29) is 6.10 Å². The molecule has 86 valence electrons. The van der Waals surface area contributed by atoms with Crippen molar-refractivity contribution >= 4 is 22.4 Å². The molecule has 0 aliphatic rings. The van der Waals surface area contributed by atoms with Crippen molar-refractivity contribution in [2.75, 3.05) is 31.3 Å². The van der Waals surface area contributed by atoms with Crippen molar-refractivity contribution in [3.05, 3.63) is 0 Å². The molecule has 0 aromatic carbocycles. The number of rotatable bonds is 6. The molecule has 1 aromatic rings. The molecule has 0 bridgehead atoms. The van der Waals surface area contributed by atoms with Crippen molar-refractivity contribution in [3.8, 4) is 5.75 Å². The number of nitrogens with one attached hydrogen (secondary N) is 1. The molecule has 0 radical (unpaired) electrons. The standard InChI is InChI=1S/C9H17N3O2S/c1-4-14-6(2)5-11-9-7(13-3)8(10)12-15-9/h6,11H,4-5H2,1-3H3,(H2,10,12). The van der Waals surface area contributed by atoms with Gasteiger partial charge in [0.2, 0.25) is 0 Å². The van der Waals surface area contributed by atoms with Gasteiger partial charge < -0.3 is 20.5 Å². The molecule has 0 saturated heterocycles. The lowest BCUT2D eigenvalue weighted by Crippen LogP contribution is -2.19. The predicted octanol–water partition coefficient (Wildman–Crippen LogP) is 1.57. The van der Waals surface area contributed by atoms with E-state index in [1.54, 1.807) is 7.11 Å². The van der Waals surface area contributed by atoms with Crippen LogP contribution in [0.15, 0.2) is 0 Å². The van der Waals surface area contributed by atoms with Crippen molar-refractivity contribution in [2.45, 2.75) is 20.0 Å². The van der Waals surface area contributed by atoms with Crippen LogP contribution in [0.4, 0.5) is 10.8 Å². The summed E-state index contributed by atoms with van der Waals surface area (Å²) in [6.45, 7) is 5.41. The van der Waals surface area contributed by atoms with Crippen LogP contribution < -0.4 is 15.8 Å². The molecule has 6 heteroatoms. The minimum absolute atomic E-state index is 0.156. The fourth-order valence-corrected chi connectivity index (χ4v) is 1.87. The number of anilines is 2. The first-order valence-electron chi connectivity index (χ1n) is 4.83. The minimum atomic E-state index is 0.156. The maximum absolute atomic E-state index is 5.62. The van der Waals surface area contributed by atoms with Gasteiger partial charge in [-0.2, -0.15) is 4.37 Å². The molecule has 0 saturated carbocycles. The Balaban J connectivity index is 2.50. The van der Waals surface area contributed by atoms with Crippen LogP contribution in [0.25, 0.3) is 0 Å². The Labute approximate surface area is 93.7 Å². The van der Waals surface area contributed by atoms with Gasteiger partial charge in [0.1, 0.15) is 0 Å². The van der Waals surface area contributed by atoms with Crippen molar-refractivity contribution in [2.24, 2.45) is 0 Å². The van der Waals surface area contributed by atoms with Crippen molar-refractivity contribution in [3.63, 3.8) is 0 Å². The van der Waals surface area contributed by atoms with E-state index in [0.29, 0.717) is 24.7 Å². The Hall–Kier alpha value is -1.01. The molecule has 0 aliphatic heterocycles. The van der Waals surface area contributed by atoms with Crippen molar-refractivity contribution < 1.29 is 9.47 Å². The van der Waals surface area contributed by atoms with E-state index in [0.717, 1.165) is 5.00 Å². The summed E-state index contributed by atoms with van der Waals surface area (Å²) in [5, 5.41) is 4.04. The van der Waals surface area contributed by atoms with Gasteiger partial charge in [-0.05, 0) is 25.4 Å². The number of nitrogen functional groups attached to an aromatic ring is 1. The van der Waals surface area contributed by atoms with E-state index >= 15 is 0 Å². The van der Waals surface area contributed by atoms with Gasteiger partial charge in [0.15, 0.2) is 16.6 Å². The normalized spacial score (nSPS) is 12.5. The largest absolute Gasteiger partial charge is 0.490 e. The summed E-state index contributed by atoms with van der Waals surface area (Å²) >= 11 is 1.29. The smallest absolute Gasteiger partial charge is 0.197 e. The summed E-state index contributed by atoms with van der Waals surface area (Å²) in [7, 11) is 1.58. The summed E-state index contributed by atoms with van der Waals surface area (Å²) in [5.74, 6) is 1.04. The molecular weight excluding hydrogens is 214 g/mol. The van der Waals surface area contributed by atoms with Gasteiger partial charge in [0.05, 0.1) is 13.2 Å². The fraction of sp³-hybridized carbons (Fsp3) is 0.667. The van der Waals surface area contributed by atoms with E-state index < -0.39 is 0 Å². The van der Waals surface area contributed by atoms with E-state index in [4.69, 9.17) is 15.2 Å². The first kappa shape index (κ1) is 12.1. The highest BCUT2D eigenvalue weighted by Crippen LogP contribution is 2.34. The second-order valence-corrected chi connectivity index (χ2v) is 3.85. The van der Waals surface area contributed by atoms with E-state index in [1.807, 2.05) is 13.8 Å². The van der Waals surface area contributed by atoms with Gasteiger partial charge in [-0.3, -0.25) is 0 Å². The molecule has 0 spiro atoms. The van der Waals surface area contributed by atoms with Gasteiger partial charge in [0, 0.05) is 13.2 Å². The summed E-state index contributed by atoms with van der Waals surface area (Å²) in [6.07, 6.45) is 0.156. The molecule has 5 nitrogen and oxygen atoms in total. The highest BCUT2D eigenvalue weighted by molar-refractivity contribution is 7.11. The lowest BCUT2D eigenvalue weighted by Gasteiger charge is -2.12. The number of aromatic nitrogens is 1. The van der Waals surface area contributed by atoms with Crippen LogP contribution in [0.1, 0.15) is 13.8 Å². The molecule has 3 N–H and O–H groups in total. The molecule has 1 aromatic heterocycles. The Morgan fingerprint density at radius 1 is 1.60 bits per heavy atom. The van der Waals surface area contributed by atoms with Crippen LogP contribution in [0.2, 0.25) is 0 Å². The minimum Gasteiger partial charge on any atom is -0.490 e. The SMILES string of the molecule is CCOC(C)CNc1snc(N)c1OC. The molecule has 15 heavy (non-hydrogen) atoms. The van der Waals surface area contributed by atoms with Crippen LogP contribution in [0, 0.1) is 0 Å². The Morgan fingerprint density at radius 2 is 2.33 bits per heavy atom. The van der Waals surface area contributed by atoms with Crippen LogP contribution >= 0.6 is 11.5 Å². The molecule has 0 aliphatic carbocycles. The number of methoxy groups -OCH3 is 1. The third-order valence-corrected chi connectivity index (χ3v) is 2.68. The number of nitrogens with zero attached hydrogens (tertiary/aromatic N) is 1. The van der Waals surface area contributed by atoms with Gasteiger partial charge in [-0.25, -0.2) is 0 Å². The second-order valence-electron chi connectivity index (χ2n) is 3.08. The molecule has 1 atom stereocenters. The zero-order valence-electron chi connectivity index (χ0n) is 9.24. The van der Waals surface area contributed by atoms with E-state index in [9.17, 15) is 0 Å². The monoisotopic (exact) mass is 231 g/mol. The zero-order valence-corrected chi connectivity index (χ0v) is 10.1. The van der Waals surface area contributed by atoms with Gasteiger partial charge in [0.25, 0.3) is 0 Å². The lowest BCUT2D eigenvalue weighted by atomic mass is 10.4. The first-order valence-corrected chi connectivity index (χ1v) is 5.61. The topological polar surface area (TPSA) is 69.4 Å². The quantitative estimate of drug-likeness (QED) is 0.777. The van der Waals surface area contributed by atoms with Gasteiger partial charge in [-0.1, -0.05) is 0 Å². The lowest BCUT2D eigenvalue weighted by molar-refractivity contribution is 0.0855. The molecule has 1 rings (SSSR count). The maximum Gasteiger partial charge on any atom is 0.197 e. The summed E-state index contributed by atoms with van der Waals surface area (Å²) in [6, 6.07) is 0. The van der Waals surface area contributed by atoms with Crippen LogP contribution in [0.3, 0.4) is 0 Å². The third-order valence-electron chi connectivity index (χ3n) is 1.88. The van der Waals surface area contributed by atoms with E-state index in [1.165, 1.54) is 11.5 Å². The molecule has 0 amide bonds. The first-order chi connectivity index (χ1) is 7.19. The Kier molecular flexibility index (Phi) is 4.64. The van der Waals surface area contributed by atoms with Gasteiger partial charge >= 0.3 is 0 Å². The molecule has 0 fully saturated rings. The summed E-state index contributed by atoms with van der Waals surface area (Å²) in [4.78, 5) is 0. The third kappa shape index (κ3) is 3.24. The predicted molar refractivity (Wildman–Crippen MR) is 62.7 cm³/mol. The number of hydrogen-bond acceptors (Lipinski definition) is 6. The number of nitrogens with two attached hydrogens (primary N) is 1. The van der Waals surface area contributed by atoms with Gasteiger partial charge in [-0.15, -0.1) is 0 Å². The van der Waals surface area contributed by atoms with Crippen molar-refractivity contribution in [1.29, 1.82) is 0 Å². The molecule has 1 heterocycles. The Morgan fingerprint density at radius 3 is 2.93 bits per heavy atom.